The van der Waals surface area contributed by atoms with Gasteiger partial charge in [0.05, 0.1) is 12.7 Å². The van der Waals surface area contributed by atoms with Gasteiger partial charge in [-0.1, -0.05) is 30.3 Å². The van der Waals surface area contributed by atoms with Crippen LogP contribution in [0.2, 0.25) is 0 Å². The number of benzene rings is 1. The first kappa shape index (κ1) is 10.6. The van der Waals surface area contributed by atoms with Crippen LogP contribution < -0.4 is 5.90 Å². The average Bonchev–Trinajstić information content (AvgIpc) is 2.73. The smallest absolute Gasteiger partial charge is 0.110 e. The second-order valence-corrected chi connectivity index (χ2v) is 3.67. The summed E-state index contributed by atoms with van der Waals surface area (Å²) in [4.78, 5) is 4.78. The zero-order valence-electron chi connectivity index (χ0n) is 8.37. The summed E-state index contributed by atoms with van der Waals surface area (Å²) in [6.07, 6.45) is 0.114. The van der Waals surface area contributed by atoms with Gasteiger partial charge in [-0.15, -0.1) is 0 Å². The molecule has 1 aliphatic rings. The van der Waals surface area contributed by atoms with Gasteiger partial charge in [0.15, 0.2) is 0 Å². The summed E-state index contributed by atoms with van der Waals surface area (Å²) in [5.74, 6) is 5.15. The van der Waals surface area contributed by atoms with Crippen molar-refractivity contribution in [1.82, 2.24) is 0 Å². The molecule has 4 nitrogen and oxygen atoms in total. The van der Waals surface area contributed by atoms with E-state index in [0.29, 0.717) is 6.42 Å². The third-order valence-electron chi connectivity index (χ3n) is 2.73. The minimum atomic E-state index is -0.319. The van der Waals surface area contributed by atoms with Gasteiger partial charge in [0.2, 0.25) is 0 Å². The Morgan fingerprint density at radius 3 is 2.67 bits per heavy atom. The zero-order valence-corrected chi connectivity index (χ0v) is 8.37. The van der Waals surface area contributed by atoms with Crippen molar-refractivity contribution in [2.75, 3.05) is 6.61 Å². The zero-order chi connectivity index (χ0) is 10.7. The molecule has 0 aromatic heterocycles. The Morgan fingerprint density at radius 2 is 2.13 bits per heavy atom. The number of aliphatic hydroxyl groups is 1. The Morgan fingerprint density at radius 1 is 1.40 bits per heavy atom. The van der Waals surface area contributed by atoms with Crippen LogP contribution in [0, 0.1) is 0 Å². The molecule has 2 rings (SSSR count). The van der Waals surface area contributed by atoms with Gasteiger partial charge in [0, 0.05) is 6.42 Å². The van der Waals surface area contributed by atoms with E-state index >= 15 is 0 Å². The highest BCUT2D eigenvalue weighted by Crippen LogP contribution is 2.33. The fourth-order valence-electron chi connectivity index (χ4n) is 1.90. The van der Waals surface area contributed by atoms with Crippen molar-refractivity contribution in [2.45, 2.75) is 24.7 Å². The van der Waals surface area contributed by atoms with Crippen LogP contribution in [0.4, 0.5) is 0 Å². The first-order chi connectivity index (χ1) is 7.35. The van der Waals surface area contributed by atoms with Gasteiger partial charge >= 0.3 is 0 Å². The van der Waals surface area contributed by atoms with Crippen molar-refractivity contribution in [1.29, 1.82) is 0 Å². The number of hydrogen-bond acceptors (Lipinski definition) is 4. The fraction of sp³-hybridized carbons (Fsp3) is 0.455. The molecule has 1 aliphatic heterocycles. The van der Waals surface area contributed by atoms with Crippen LogP contribution >= 0.6 is 0 Å². The Kier molecular flexibility index (Phi) is 3.33. The molecular weight excluding hydrogens is 194 g/mol. The molecule has 0 bridgehead atoms. The molecule has 82 valence electrons. The molecule has 0 radical (unpaired) electrons. The molecule has 0 saturated carbocycles. The topological polar surface area (TPSA) is 64.7 Å². The molecule has 1 fully saturated rings. The first-order valence-electron chi connectivity index (χ1n) is 5.02. The average molecular weight is 209 g/mol. The van der Waals surface area contributed by atoms with E-state index in [1.807, 2.05) is 30.3 Å². The summed E-state index contributed by atoms with van der Waals surface area (Å²) in [6.45, 7) is -0.0643. The Labute approximate surface area is 88.6 Å². The van der Waals surface area contributed by atoms with Crippen molar-refractivity contribution in [3.8, 4) is 0 Å². The number of aliphatic hydroxyl groups excluding tert-OH is 1. The van der Waals surface area contributed by atoms with Crippen molar-refractivity contribution in [3.05, 3.63) is 35.9 Å². The van der Waals surface area contributed by atoms with Crippen LogP contribution in [0.15, 0.2) is 30.3 Å². The molecule has 0 unspecified atom stereocenters. The lowest BCUT2D eigenvalue weighted by molar-refractivity contribution is -0.0484. The summed E-state index contributed by atoms with van der Waals surface area (Å²) < 4.78 is 5.65. The quantitative estimate of drug-likeness (QED) is 0.722. The molecule has 1 heterocycles. The van der Waals surface area contributed by atoms with E-state index in [-0.39, 0.29) is 24.9 Å². The maximum Gasteiger partial charge on any atom is 0.110 e. The van der Waals surface area contributed by atoms with Gasteiger partial charge in [-0.05, 0) is 5.56 Å². The second kappa shape index (κ2) is 4.72. The molecule has 3 N–H and O–H groups in total. The summed E-state index contributed by atoms with van der Waals surface area (Å²) in [5, 5.41) is 9.07. The fourth-order valence-corrected chi connectivity index (χ4v) is 1.90. The number of hydrogen-bond donors (Lipinski definition) is 2. The normalized spacial score (nSPS) is 30.7. The predicted molar refractivity (Wildman–Crippen MR) is 54.8 cm³/mol. The SMILES string of the molecule is NO[C@@H]1C[C@H](c2ccccc2)O[C@@H]1CO. The minimum absolute atomic E-state index is 0.0306. The highest BCUT2D eigenvalue weighted by molar-refractivity contribution is 5.18. The molecule has 15 heavy (non-hydrogen) atoms. The monoisotopic (exact) mass is 209 g/mol. The molecule has 3 atom stereocenters. The number of nitrogens with two attached hydrogens (primary N) is 1. The van der Waals surface area contributed by atoms with Crippen LogP contribution in [0.5, 0.6) is 0 Å². The maximum atomic E-state index is 9.07. The van der Waals surface area contributed by atoms with Crippen LogP contribution in [-0.4, -0.2) is 23.9 Å². The van der Waals surface area contributed by atoms with Crippen LogP contribution in [-0.2, 0) is 9.57 Å². The van der Waals surface area contributed by atoms with Gasteiger partial charge in [0.25, 0.3) is 0 Å². The second-order valence-electron chi connectivity index (χ2n) is 3.67. The molecular formula is C11H15NO3. The summed E-state index contributed by atoms with van der Waals surface area (Å²) in [6, 6.07) is 9.88. The van der Waals surface area contributed by atoms with E-state index in [4.69, 9.17) is 20.6 Å². The van der Waals surface area contributed by atoms with Crippen molar-refractivity contribution < 1.29 is 14.7 Å². The molecule has 0 amide bonds. The van der Waals surface area contributed by atoms with E-state index in [1.54, 1.807) is 0 Å². The van der Waals surface area contributed by atoms with E-state index in [2.05, 4.69) is 0 Å². The summed E-state index contributed by atoms with van der Waals surface area (Å²) in [5.41, 5.74) is 1.09. The van der Waals surface area contributed by atoms with Crippen molar-refractivity contribution in [2.24, 2.45) is 5.90 Å². The van der Waals surface area contributed by atoms with Crippen molar-refractivity contribution >= 4 is 0 Å². The number of ether oxygens (including phenoxy) is 1. The number of rotatable bonds is 3. The lowest BCUT2D eigenvalue weighted by Crippen LogP contribution is -2.29. The van der Waals surface area contributed by atoms with Gasteiger partial charge < -0.3 is 9.84 Å². The van der Waals surface area contributed by atoms with Gasteiger partial charge in [-0.2, -0.15) is 0 Å². The van der Waals surface area contributed by atoms with Crippen LogP contribution in [0.25, 0.3) is 0 Å². The third kappa shape index (κ3) is 2.18. The molecule has 1 aromatic carbocycles. The lowest BCUT2D eigenvalue weighted by atomic mass is 10.0. The van der Waals surface area contributed by atoms with Crippen LogP contribution in [0.3, 0.4) is 0 Å². The summed E-state index contributed by atoms with van der Waals surface area (Å²) >= 11 is 0. The van der Waals surface area contributed by atoms with E-state index < -0.39 is 0 Å². The van der Waals surface area contributed by atoms with Crippen LogP contribution in [0.1, 0.15) is 18.1 Å². The van der Waals surface area contributed by atoms with Crippen molar-refractivity contribution in [3.63, 3.8) is 0 Å². The van der Waals surface area contributed by atoms with Gasteiger partial charge in [0.1, 0.15) is 12.2 Å². The van der Waals surface area contributed by atoms with Gasteiger partial charge in [-0.3, -0.25) is 4.84 Å². The molecule has 1 aromatic rings. The summed E-state index contributed by atoms with van der Waals surface area (Å²) in [7, 11) is 0. The minimum Gasteiger partial charge on any atom is -0.394 e. The Bertz CT molecular complexity index is 292. The lowest BCUT2D eigenvalue weighted by Gasteiger charge is -2.13. The van der Waals surface area contributed by atoms with E-state index in [9.17, 15) is 0 Å². The highest BCUT2D eigenvalue weighted by atomic mass is 16.6. The third-order valence-corrected chi connectivity index (χ3v) is 2.73. The highest BCUT2D eigenvalue weighted by Gasteiger charge is 2.36. The Hall–Kier alpha value is -0.940. The predicted octanol–water partition coefficient (Wildman–Crippen LogP) is 0.768. The van der Waals surface area contributed by atoms with E-state index in [1.165, 1.54) is 0 Å². The molecule has 1 saturated heterocycles. The molecule has 4 heteroatoms. The standard InChI is InChI=1S/C11H15NO3/c12-15-10-6-9(14-11(10)7-13)8-4-2-1-3-5-8/h1-5,9-11,13H,6-7,12H2/t9-,10-,11-/m1/s1. The van der Waals surface area contributed by atoms with E-state index in [0.717, 1.165) is 5.56 Å². The molecule has 0 aliphatic carbocycles. The first-order valence-corrected chi connectivity index (χ1v) is 5.02. The Balaban J connectivity index is 2.08. The van der Waals surface area contributed by atoms with Gasteiger partial charge in [-0.25, -0.2) is 5.90 Å². The maximum absolute atomic E-state index is 9.07. The largest absolute Gasteiger partial charge is 0.394 e. The molecule has 0 spiro atoms.